The molecule has 0 amide bonds. The standard InChI is InChI=1S/C10H14N4/c1-7(2)14(3)10-5-4-8(12)9(6-11)13-10/h4-5,7H,12H2,1-3H3. The lowest BCUT2D eigenvalue weighted by Crippen LogP contribution is -2.26. The summed E-state index contributed by atoms with van der Waals surface area (Å²) >= 11 is 0. The van der Waals surface area contributed by atoms with Crippen molar-refractivity contribution in [2.75, 3.05) is 17.7 Å². The average molecular weight is 190 g/mol. The first-order valence-corrected chi connectivity index (χ1v) is 4.45. The van der Waals surface area contributed by atoms with E-state index in [2.05, 4.69) is 18.8 Å². The predicted molar refractivity (Wildman–Crippen MR) is 56.9 cm³/mol. The quantitative estimate of drug-likeness (QED) is 0.765. The zero-order chi connectivity index (χ0) is 10.7. The van der Waals surface area contributed by atoms with E-state index in [1.165, 1.54) is 0 Å². The molecule has 1 aromatic rings. The lowest BCUT2D eigenvalue weighted by atomic mass is 10.3. The molecule has 4 heteroatoms. The lowest BCUT2D eigenvalue weighted by Gasteiger charge is -2.22. The maximum absolute atomic E-state index is 8.75. The van der Waals surface area contributed by atoms with Crippen LogP contribution in [0.2, 0.25) is 0 Å². The second kappa shape index (κ2) is 3.97. The summed E-state index contributed by atoms with van der Waals surface area (Å²) in [7, 11) is 1.93. The number of nitrogen functional groups attached to an aromatic ring is 1. The summed E-state index contributed by atoms with van der Waals surface area (Å²) in [4.78, 5) is 6.14. The van der Waals surface area contributed by atoms with Crippen molar-refractivity contribution in [3.63, 3.8) is 0 Å². The van der Waals surface area contributed by atoms with Gasteiger partial charge in [0.05, 0.1) is 5.69 Å². The van der Waals surface area contributed by atoms with Crippen molar-refractivity contribution in [3.8, 4) is 6.07 Å². The Morgan fingerprint density at radius 3 is 2.64 bits per heavy atom. The highest BCUT2D eigenvalue weighted by Gasteiger charge is 2.08. The normalized spacial score (nSPS) is 9.93. The predicted octanol–water partition coefficient (Wildman–Crippen LogP) is 1.38. The molecule has 0 aliphatic heterocycles. The molecule has 4 nitrogen and oxygen atoms in total. The molecule has 0 radical (unpaired) electrons. The highest BCUT2D eigenvalue weighted by atomic mass is 15.2. The van der Waals surface area contributed by atoms with Crippen molar-refractivity contribution in [1.29, 1.82) is 5.26 Å². The molecule has 0 fully saturated rings. The zero-order valence-corrected chi connectivity index (χ0v) is 8.65. The minimum Gasteiger partial charge on any atom is -0.396 e. The molecule has 0 aromatic carbocycles. The number of rotatable bonds is 2. The molecule has 0 aliphatic rings. The van der Waals surface area contributed by atoms with Crippen LogP contribution in [-0.2, 0) is 0 Å². The van der Waals surface area contributed by atoms with Crippen molar-refractivity contribution in [2.45, 2.75) is 19.9 Å². The number of hydrogen-bond donors (Lipinski definition) is 1. The molecule has 2 N–H and O–H groups in total. The Morgan fingerprint density at radius 2 is 2.14 bits per heavy atom. The third kappa shape index (κ3) is 1.94. The molecule has 74 valence electrons. The van der Waals surface area contributed by atoms with Gasteiger partial charge in [-0.3, -0.25) is 0 Å². The molecular formula is C10H14N4. The van der Waals surface area contributed by atoms with Gasteiger partial charge in [0.15, 0.2) is 5.69 Å². The Morgan fingerprint density at radius 1 is 1.50 bits per heavy atom. The second-order valence-electron chi connectivity index (χ2n) is 3.42. The summed E-state index contributed by atoms with van der Waals surface area (Å²) in [6.45, 7) is 4.12. The molecule has 14 heavy (non-hydrogen) atoms. The smallest absolute Gasteiger partial charge is 0.165 e. The molecule has 0 bridgehead atoms. The number of nitrogens with two attached hydrogens (primary N) is 1. The van der Waals surface area contributed by atoms with Crippen molar-refractivity contribution >= 4 is 11.5 Å². The highest BCUT2D eigenvalue weighted by Crippen LogP contribution is 2.16. The van der Waals surface area contributed by atoms with Crippen LogP contribution in [0.15, 0.2) is 12.1 Å². The summed E-state index contributed by atoms with van der Waals surface area (Å²) in [6, 6.07) is 5.84. The molecule has 0 saturated heterocycles. The molecule has 1 heterocycles. The van der Waals surface area contributed by atoms with Crippen LogP contribution in [0, 0.1) is 11.3 Å². The van der Waals surface area contributed by atoms with Gasteiger partial charge in [0.2, 0.25) is 0 Å². The number of hydrogen-bond acceptors (Lipinski definition) is 4. The van der Waals surface area contributed by atoms with Crippen LogP contribution in [0.4, 0.5) is 11.5 Å². The monoisotopic (exact) mass is 190 g/mol. The maximum Gasteiger partial charge on any atom is 0.165 e. The van der Waals surface area contributed by atoms with Crippen LogP contribution < -0.4 is 10.6 Å². The van der Waals surface area contributed by atoms with E-state index in [1.807, 2.05) is 24.1 Å². The molecule has 0 atom stereocenters. The third-order valence-corrected chi connectivity index (χ3v) is 2.15. The van der Waals surface area contributed by atoms with E-state index < -0.39 is 0 Å². The van der Waals surface area contributed by atoms with Gasteiger partial charge in [0, 0.05) is 13.1 Å². The van der Waals surface area contributed by atoms with E-state index in [4.69, 9.17) is 11.0 Å². The van der Waals surface area contributed by atoms with Crippen LogP contribution in [0.3, 0.4) is 0 Å². The first-order valence-electron chi connectivity index (χ1n) is 4.45. The van der Waals surface area contributed by atoms with Crippen molar-refractivity contribution in [3.05, 3.63) is 17.8 Å². The van der Waals surface area contributed by atoms with Gasteiger partial charge in [0.25, 0.3) is 0 Å². The Kier molecular flexibility index (Phi) is 2.92. The van der Waals surface area contributed by atoms with Crippen LogP contribution in [0.1, 0.15) is 19.5 Å². The van der Waals surface area contributed by atoms with Gasteiger partial charge in [-0.2, -0.15) is 5.26 Å². The zero-order valence-electron chi connectivity index (χ0n) is 8.65. The average Bonchev–Trinajstić information content (AvgIpc) is 2.17. The first-order chi connectivity index (χ1) is 6.56. The van der Waals surface area contributed by atoms with Gasteiger partial charge >= 0.3 is 0 Å². The Bertz CT molecular complexity index is 365. The molecule has 0 aliphatic carbocycles. The number of nitriles is 1. The number of nitrogens with zero attached hydrogens (tertiary/aromatic N) is 3. The fraction of sp³-hybridized carbons (Fsp3) is 0.400. The largest absolute Gasteiger partial charge is 0.396 e. The summed E-state index contributed by atoms with van der Waals surface area (Å²) in [5.41, 5.74) is 6.28. The van der Waals surface area contributed by atoms with Crippen LogP contribution in [0.25, 0.3) is 0 Å². The van der Waals surface area contributed by atoms with Crippen LogP contribution in [0.5, 0.6) is 0 Å². The van der Waals surface area contributed by atoms with Crippen molar-refractivity contribution in [2.24, 2.45) is 0 Å². The summed E-state index contributed by atoms with van der Waals surface area (Å²) < 4.78 is 0. The molecular weight excluding hydrogens is 176 g/mol. The molecule has 0 spiro atoms. The van der Waals surface area contributed by atoms with Crippen molar-refractivity contribution < 1.29 is 0 Å². The second-order valence-corrected chi connectivity index (χ2v) is 3.42. The van der Waals surface area contributed by atoms with Crippen molar-refractivity contribution in [1.82, 2.24) is 4.98 Å². The van der Waals surface area contributed by atoms with E-state index in [9.17, 15) is 0 Å². The minimum absolute atomic E-state index is 0.287. The van der Waals surface area contributed by atoms with E-state index >= 15 is 0 Å². The Balaban J connectivity index is 3.08. The molecule has 1 rings (SSSR count). The van der Waals surface area contributed by atoms with Gasteiger partial charge < -0.3 is 10.6 Å². The lowest BCUT2D eigenvalue weighted by molar-refractivity contribution is 0.743. The number of pyridine rings is 1. The van der Waals surface area contributed by atoms with Gasteiger partial charge in [-0.1, -0.05) is 0 Å². The van der Waals surface area contributed by atoms with E-state index in [-0.39, 0.29) is 5.69 Å². The highest BCUT2D eigenvalue weighted by molar-refractivity contribution is 5.55. The summed E-state index contributed by atoms with van der Waals surface area (Å²) in [5, 5.41) is 8.75. The number of aromatic nitrogens is 1. The van der Waals surface area contributed by atoms with Gasteiger partial charge in [-0.15, -0.1) is 0 Å². The molecule has 0 saturated carbocycles. The van der Waals surface area contributed by atoms with Gasteiger partial charge in [0.1, 0.15) is 11.9 Å². The van der Waals surface area contributed by atoms with E-state index in [0.717, 1.165) is 5.82 Å². The minimum atomic E-state index is 0.287. The summed E-state index contributed by atoms with van der Waals surface area (Å²) in [6.07, 6.45) is 0. The Hall–Kier alpha value is -1.76. The van der Waals surface area contributed by atoms with Gasteiger partial charge in [-0.25, -0.2) is 4.98 Å². The van der Waals surface area contributed by atoms with Crippen LogP contribution in [-0.4, -0.2) is 18.1 Å². The van der Waals surface area contributed by atoms with E-state index in [0.29, 0.717) is 11.7 Å². The SMILES string of the molecule is CC(C)N(C)c1ccc(N)c(C#N)n1. The topological polar surface area (TPSA) is 65.9 Å². The fourth-order valence-electron chi connectivity index (χ4n) is 1.01. The van der Waals surface area contributed by atoms with E-state index in [1.54, 1.807) is 6.07 Å². The number of anilines is 2. The maximum atomic E-state index is 8.75. The molecule has 1 aromatic heterocycles. The summed E-state index contributed by atoms with van der Waals surface area (Å²) in [5.74, 6) is 0.769. The van der Waals surface area contributed by atoms with Crippen LogP contribution >= 0.6 is 0 Å². The van der Waals surface area contributed by atoms with Gasteiger partial charge in [-0.05, 0) is 26.0 Å². The molecule has 0 unspecified atom stereocenters. The Labute approximate surface area is 84.0 Å². The first kappa shape index (κ1) is 10.3. The fourth-order valence-corrected chi connectivity index (χ4v) is 1.01. The third-order valence-electron chi connectivity index (χ3n) is 2.15.